The van der Waals surface area contributed by atoms with Crippen LogP contribution in [0.3, 0.4) is 0 Å². The van der Waals surface area contributed by atoms with Gasteiger partial charge in [-0.1, -0.05) is 41.9 Å². The summed E-state index contributed by atoms with van der Waals surface area (Å²) >= 11 is 7.32. The number of thiazole rings is 1. The third-order valence-electron chi connectivity index (χ3n) is 5.43. The van der Waals surface area contributed by atoms with Gasteiger partial charge < -0.3 is 14.2 Å². The molecule has 0 saturated heterocycles. The molecule has 2 aromatic carbocycles. The van der Waals surface area contributed by atoms with Crippen molar-refractivity contribution in [1.82, 2.24) is 9.88 Å². The molecule has 7 nitrogen and oxygen atoms in total. The number of carbonyl (C=O) groups excluding carboxylic acids is 1. The van der Waals surface area contributed by atoms with Crippen molar-refractivity contribution in [2.45, 2.75) is 6.54 Å². The van der Waals surface area contributed by atoms with Crippen molar-refractivity contribution >= 4 is 40.5 Å². The van der Waals surface area contributed by atoms with Crippen LogP contribution in [0.1, 0.15) is 11.5 Å². The van der Waals surface area contributed by atoms with Crippen LogP contribution in [0.2, 0.25) is 5.02 Å². The van der Waals surface area contributed by atoms with Crippen LogP contribution >= 0.6 is 22.9 Å². The Bertz CT molecular complexity index is 1790. The Kier molecular flexibility index (Phi) is 6.90. The third-order valence-corrected chi connectivity index (χ3v) is 6.86. The van der Waals surface area contributed by atoms with Gasteiger partial charge in [0.1, 0.15) is 28.0 Å². The first-order valence-electron chi connectivity index (χ1n) is 11.1. The lowest BCUT2D eigenvalue weighted by Crippen LogP contribution is -2.33. The molecule has 9 heteroatoms. The summed E-state index contributed by atoms with van der Waals surface area (Å²) in [5, 5.41) is 13.1. The van der Waals surface area contributed by atoms with Gasteiger partial charge >= 0.3 is 0 Å². The normalized spacial score (nSPS) is 12.3. The summed E-state index contributed by atoms with van der Waals surface area (Å²) in [4.78, 5) is 26.5. The van der Waals surface area contributed by atoms with E-state index in [2.05, 4.69) is 5.32 Å². The maximum absolute atomic E-state index is 13.5. The summed E-state index contributed by atoms with van der Waals surface area (Å²) in [5.41, 5.74) is 0.689. The number of rotatable bonds is 6. The van der Waals surface area contributed by atoms with Gasteiger partial charge in [-0.05, 0) is 48.5 Å². The van der Waals surface area contributed by atoms with Gasteiger partial charge in [-0.25, -0.2) is 0 Å². The van der Waals surface area contributed by atoms with Crippen LogP contribution in [0.25, 0.3) is 28.7 Å². The van der Waals surface area contributed by atoms with Crippen LogP contribution in [-0.4, -0.2) is 10.5 Å². The van der Waals surface area contributed by atoms with Crippen LogP contribution in [0.5, 0.6) is 0 Å². The summed E-state index contributed by atoms with van der Waals surface area (Å²) in [7, 11) is 0. The van der Waals surface area contributed by atoms with Crippen molar-refractivity contribution in [3.8, 4) is 23.1 Å². The molecule has 0 aliphatic carbocycles. The molecule has 0 saturated carbocycles. The van der Waals surface area contributed by atoms with Crippen molar-refractivity contribution in [3.05, 3.63) is 121 Å². The van der Waals surface area contributed by atoms with Crippen LogP contribution in [-0.2, 0) is 11.3 Å². The molecule has 5 aromatic rings. The average Bonchev–Trinajstić information content (AvgIpc) is 3.66. The predicted molar refractivity (Wildman–Crippen MR) is 141 cm³/mol. The number of nitrogens with one attached hydrogen (secondary N) is 1. The Morgan fingerprint density at radius 1 is 1.05 bits per heavy atom. The van der Waals surface area contributed by atoms with Crippen LogP contribution in [0, 0.1) is 11.3 Å². The van der Waals surface area contributed by atoms with E-state index in [0.717, 1.165) is 16.9 Å². The number of amides is 1. The topological polar surface area (TPSA) is 101 Å². The van der Waals surface area contributed by atoms with E-state index < -0.39 is 5.91 Å². The molecule has 182 valence electrons. The van der Waals surface area contributed by atoms with Crippen molar-refractivity contribution in [3.63, 3.8) is 0 Å². The standard InChI is InChI=1S/C28H18ClN3O4S/c29-23-11-5-4-10-21(23)24-13-12-19(36-24)15-25-27(34)32(18-7-2-1-3-8-18)28(37-25)22(16-30)26(33)31-17-20-9-6-14-35-20/h1-15H,17H2,(H,31,33). The van der Waals surface area contributed by atoms with E-state index in [4.69, 9.17) is 20.4 Å². The molecule has 0 radical (unpaired) electrons. The number of para-hydroxylation sites is 1. The second kappa shape index (κ2) is 10.6. The Hall–Kier alpha value is -4.58. The molecule has 0 atom stereocenters. The number of carbonyl (C=O) groups is 1. The first-order chi connectivity index (χ1) is 18.0. The van der Waals surface area contributed by atoms with Crippen molar-refractivity contribution in [2.75, 3.05) is 0 Å². The number of hydrogen-bond acceptors (Lipinski definition) is 6. The fourth-order valence-corrected chi connectivity index (χ4v) is 5.00. The summed E-state index contributed by atoms with van der Waals surface area (Å²) < 4.78 is 13.0. The van der Waals surface area contributed by atoms with E-state index in [1.807, 2.05) is 30.3 Å². The predicted octanol–water partition coefficient (Wildman–Crippen LogP) is 4.22. The lowest BCUT2D eigenvalue weighted by molar-refractivity contribution is -0.115. The smallest absolute Gasteiger partial charge is 0.273 e. The number of nitrogens with zero attached hydrogens (tertiary/aromatic N) is 2. The van der Waals surface area contributed by atoms with Gasteiger partial charge in [0.2, 0.25) is 0 Å². The van der Waals surface area contributed by atoms with Gasteiger partial charge in [0.15, 0.2) is 5.57 Å². The van der Waals surface area contributed by atoms with E-state index in [1.54, 1.807) is 60.7 Å². The number of furan rings is 2. The van der Waals surface area contributed by atoms with Crippen LogP contribution in [0.4, 0.5) is 0 Å². The van der Waals surface area contributed by atoms with E-state index in [9.17, 15) is 14.9 Å². The first kappa shape index (κ1) is 24.1. The molecular weight excluding hydrogens is 510 g/mol. The van der Waals surface area contributed by atoms with Gasteiger partial charge in [-0.3, -0.25) is 14.2 Å². The van der Waals surface area contributed by atoms with Gasteiger partial charge in [-0.2, -0.15) is 5.26 Å². The van der Waals surface area contributed by atoms with E-state index in [-0.39, 0.29) is 22.3 Å². The zero-order valence-corrected chi connectivity index (χ0v) is 20.8. The monoisotopic (exact) mass is 527 g/mol. The minimum Gasteiger partial charge on any atom is -0.467 e. The molecule has 3 heterocycles. The van der Waals surface area contributed by atoms with Crippen LogP contribution < -0.4 is 20.1 Å². The fourth-order valence-electron chi connectivity index (χ4n) is 3.69. The van der Waals surface area contributed by atoms with Gasteiger partial charge in [-0.15, -0.1) is 11.3 Å². The van der Waals surface area contributed by atoms with Gasteiger partial charge in [0.05, 0.1) is 28.1 Å². The average molecular weight is 528 g/mol. The quantitative estimate of drug-likeness (QED) is 0.356. The lowest BCUT2D eigenvalue weighted by atomic mass is 10.2. The zero-order chi connectivity index (χ0) is 25.8. The first-order valence-corrected chi connectivity index (χ1v) is 12.3. The number of halogens is 1. The Morgan fingerprint density at radius 3 is 2.57 bits per heavy atom. The van der Waals surface area contributed by atoms with Crippen molar-refractivity contribution < 1.29 is 13.6 Å². The molecule has 5 rings (SSSR count). The van der Waals surface area contributed by atoms with Crippen molar-refractivity contribution in [2.24, 2.45) is 0 Å². The second-order valence-corrected chi connectivity index (χ2v) is 9.26. The Labute approximate surface area is 219 Å². The zero-order valence-electron chi connectivity index (χ0n) is 19.2. The highest BCUT2D eigenvalue weighted by molar-refractivity contribution is 7.07. The number of nitriles is 1. The lowest BCUT2D eigenvalue weighted by Gasteiger charge is -2.04. The van der Waals surface area contributed by atoms with Gasteiger partial charge in [0.25, 0.3) is 11.5 Å². The number of aromatic nitrogens is 1. The molecule has 0 fully saturated rings. The molecule has 0 bridgehead atoms. The highest BCUT2D eigenvalue weighted by Crippen LogP contribution is 2.29. The van der Waals surface area contributed by atoms with Gasteiger partial charge in [0, 0.05) is 11.6 Å². The maximum atomic E-state index is 13.5. The highest BCUT2D eigenvalue weighted by atomic mass is 35.5. The molecule has 0 unspecified atom stereocenters. The van der Waals surface area contributed by atoms with E-state index >= 15 is 0 Å². The molecule has 0 aliphatic rings. The molecule has 0 aliphatic heterocycles. The SMILES string of the molecule is N#CC(C(=O)NCc1ccco1)=c1sc(=Cc2ccc(-c3ccccc3Cl)o2)c(=O)n1-c1ccccc1. The minimum absolute atomic E-state index is 0.105. The maximum Gasteiger partial charge on any atom is 0.273 e. The fraction of sp³-hybridized carbons (Fsp3) is 0.0357. The highest BCUT2D eigenvalue weighted by Gasteiger charge is 2.17. The molecule has 0 spiro atoms. The molecule has 1 N–H and O–H groups in total. The second-order valence-electron chi connectivity index (χ2n) is 7.82. The third kappa shape index (κ3) is 5.05. The molecule has 3 aromatic heterocycles. The summed E-state index contributed by atoms with van der Waals surface area (Å²) in [6.45, 7) is 0.105. The Balaban J connectivity index is 1.63. The molecule has 1 amide bonds. The summed E-state index contributed by atoms with van der Waals surface area (Å²) in [6.07, 6.45) is 3.09. The van der Waals surface area contributed by atoms with E-state index in [1.165, 1.54) is 10.8 Å². The van der Waals surface area contributed by atoms with Crippen molar-refractivity contribution in [1.29, 1.82) is 5.26 Å². The number of benzene rings is 2. The summed E-state index contributed by atoms with van der Waals surface area (Å²) in [5.74, 6) is 0.910. The molecular formula is C28H18ClN3O4S. The largest absolute Gasteiger partial charge is 0.467 e. The number of hydrogen-bond donors (Lipinski definition) is 1. The van der Waals surface area contributed by atoms with E-state index in [0.29, 0.717) is 32.5 Å². The molecule has 37 heavy (non-hydrogen) atoms. The van der Waals surface area contributed by atoms with Crippen LogP contribution in [0.15, 0.2) is 98.8 Å². The minimum atomic E-state index is -0.615. The summed E-state index contributed by atoms with van der Waals surface area (Å²) in [6, 6.07) is 25.0. The Morgan fingerprint density at radius 2 is 1.84 bits per heavy atom.